The van der Waals surface area contributed by atoms with Gasteiger partial charge >= 0.3 is 7.69 Å². The van der Waals surface area contributed by atoms with Crippen LogP contribution in [0.25, 0.3) is 11.5 Å². The van der Waals surface area contributed by atoms with Crippen LogP contribution in [0.4, 0.5) is 0 Å². The van der Waals surface area contributed by atoms with Gasteiger partial charge in [-0.1, -0.05) is 191 Å². The fourth-order valence-corrected chi connectivity index (χ4v) is 2.20. The van der Waals surface area contributed by atoms with Gasteiger partial charge in [-0.05, 0) is 37.8 Å². The molecule has 0 aromatic heterocycles. The molecular formula is C39H68BN2O4Y2-2. The molecule has 0 saturated carbocycles. The first-order valence-corrected chi connectivity index (χ1v) is 16.6. The van der Waals surface area contributed by atoms with E-state index < -0.39 is 11.8 Å². The molecule has 2 aromatic rings. The Morgan fingerprint density at radius 1 is 0.542 bits per heavy atom. The van der Waals surface area contributed by atoms with Crippen LogP contribution in [0.15, 0.2) is 97.1 Å². The minimum Gasteiger partial charge on any atom is -0.664 e. The van der Waals surface area contributed by atoms with Crippen molar-refractivity contribution in [2.75, 3.05) is 7.11 Å². The molecule has 0 spiro atoms. The van der Waals surface area contributed by atoms with Crippen LogP contribution in [0, 0.1) is 13.8 Å². The summed E-state index contributed by atoms with van der Waals surface area (Å²) in [5, 5.41) is 7.53. The molecule has 4 rings (SSSR count). The molecule has 0 bridgehead atoms. The van der Waals surface area contributed by atoms with Gasteiger partial charge in [0.05, 0.1) is 11.8 Å². The molecule has 0 heterocycles. The molecule has 48 heavy (non-hydrogen) atoms. The molecule has 2 amide bonds. The second-order valence-corrected chi connectivity index (χ2v) is 6.92. The normalized spacial score (nSPS) is 8.83. The van der Waals surface area contributed by atoms with E-state index in [0.29, 0.717) is 18.8 Å². The maximum atomic E-state index is 10.4. The average molecular weight is 818 g/mol. The number of hydrogen-bond acceptors (Lipinski definition) is 4. The standard InChI is InChI=1S/2C8H9NO.2C5H6.6C2H6.CH4BO2.2Y/c2*1-6-2-4-7(5-3-6)8(9)10;2*1-2-4-5-3-1;6*1-2;1-4-2-3;;/h2*2-5H,1H3,(H2,9,10);2*1-4H,5H2;6*1-2H3;3H,1H3;;/p-2. The fraction of sp³-hybridized carbons (Fsp3) is 0.436. The van der Waals surface area contributed by atoms with E-state index in [-0.39, 0.29) is 65.4 Å². The Hall–Kier alpha value is -1.47. The monoisotopic (exact) mass is 817 g/mol. The molecule has 6 nitrogen and oxygen atoms in total. The molecule has 0 aliphatic heterocycles. The molecule has 2 aromatic carbocycles. The first kappa shape index (κ1) is 68.5. The van der Waals surface area contributed by atoms with Crippen molar-refractivity contribution in [2.24, 2.45) is 0 Å². The van der Waals surface area contributed by atoms with E-state index in [1.807, 2.05) is 121 Å². The zero-order valence-corrected chi connectivity index (χ0v) is 38.7. The summed E-state index contributed by atoms with van der Waals surface area (Å²) in [5.74, 6) is -1.25. The molecule has 2 aliphatic carbocycles. The second-order valence-electron chi connectivity index (χ2n) is 6.92. The number of nitrogens with one attached hydrogen (secondary N) is 2. The Labute approximate surface area is 348 Å². The van der Waals surface area contributed by atoms with Crippen molar-refractivity contribution in [1.29, 1.82) is 0 Å². The maximum Gasteiger partial charge on any atom is 0.484 e. The van der Waals surface area contributed by atoms with Gasteiger partial charge in [0.15, 0.2) is 0 Å². The van der Waals surface area contributed by atoms with Gasteiger partial charge in [-0.15, -0.1) is 0 Å². The van der Waals surface area contributed by atoms with Crippen LogP contribution in [0.1, 0.15) is 128 Å². The van der Waals surface area contributed by atoms with Crippen LogP contribution in [0.5, 0.6) is 0 Å². The summed E-state index contributed by atoms with van der Waals surface area (Å²) in [6.45, 7) is 27.9. The number of carbonyl (C=O) groups excluding carboxylic acids is 2. The predicted molar refractivity (Wildman–Crippen MR) is 209 cm³/mol. The van der Waals surface area contributed by atoms with Crippen molar-refractivity contribution in [3.8, 4) is 0 Å². The van der Waals surface area contributed by atoms with Crippen LogP contribution >= 0.6 is 0 Å². The van der Waals surface area contributed by atoms with E-state index in [2.05, 4.69) is 53.3 Å². The Morgan fingerprint density at radius 2 is 0.729 bits per heavy atom. The number of aryl methyl sites for hydroxylation is 2. The summed E-state index contributed by atoms with van der Waals surface area (Å²) in [5.41, 5.74) is 16.6. The van der Waals surface area contributed by atoms with E-state index in [9.17, 15) is 9.59 Å². The van der Waals surface area contributed by atoms with Gasteiger partial charge in [0.2, 0.25) is 0 Å². The molecule has 3 radical (unpaired) electrons. The molecule has 0 unspecified atom stereocenters. The van der Waals surface area contributed by atoms with Crippen LogP contribution < -0.4 is 0 Å². The topological polar surface area (TPSA) is 111 Å². The number of amides is 2. The minimum absolute atomic E-state index is 0. The van der Waals surface area contributed by atoms with Gasteiger partial charge in [-0.3, -0.25) is 0 Å². The molecule has 0 fully saturated rings. The summed E-state index contributed by atoms with van der Waals surface area (Å²) < 4.78 is 3.97. The van der Waals surface area contributed by atoms with Crippen LogP contribution in [0.3, 0.4) is 0 Å². The van der Waals surface area contributed by atoms with Crippen molar-refractivity contribution in [3.05, 3.63) is 131 Å². The summed E-state index contributed by atoms with van der Waals surface area (Å²) in [4.78, 5) is 20.8. The summed E-state index contributed by atoms with van der Waals surface area (Å²) in [6.07, 6.45) is 19.0. The van der Waals surface area contributed by atoms with Crippen molar-refractivity contribution in [3.63, 3.8) is 0 Å². The van der Waals surface area contributed by atoms with Crippen molar-refractivity contribution >= 4 is 19.5 Å². The summed E-state index contributed by atoms with van der Waals surface area (Å²) in [7, 11) is 2.00. The smallest absolute Gasteiger partial charge is 0.484 e. The quantitative estimate of drug-likeness (QED) is 0.311. The molecule has 0 atom stereocenters. The fourth-order valence-electron chi connectivity index (χ4n) is 2.20. The summed E-state index contributed by atoms with van der Waals surface area (Å²) in [6, 6.07) is 13.9. The molecule has 269 valence electrons. The molecule has 9 heteroatoms. The SMILES string of the molecule is C1=CCC=C1.C1=CCC=C1.CC.CC.CC.CC.CC.CC.CO[B]O.Cc1ccc(C([NH-])=O)cc1.Cc1ccc(C([NH-])=O)cc1.[Y].[Y]. The number of allylic oxidation sites excluding steroid dienone is 8. The predicted octanol–water partition coefficient (Wildman–Crippen LogP) is 12.7. The molecule has 2 aliphatic rings. The number of carbonyl (C=O) groups is 2. The second kappa shape index (κ2) is 67.7. The van der Waals surface area contributed by atoms with Gasteiger partial charge < -0.3 is 30.7 Å². The average Bonchev–Trinajstić information content (AvgIpc) is 3.92. The first-order chi connectivity index (χ1) is 22.3. The van der Waals surface area contributed by atoms with Crippen LogP contribution in [-0.4, -0.2) is 31.6 Å². The molecule has 3 N–H and O–H groups in total. The van der Waals surface area contributed by atoms with E-state index >= 15 is 0 Å². The third-order valence-electron chi connectivity index (χ3n) is 4.04. The van der Waals surface area contributed by atoms with Gasteiger partial charge in [0, 0.05) is 72.5 Å². The number of hydrogen-bond donors (Lipinski definition) is 1. The Morgan fingerprint density at radius 3 is 0.833 bits per heavy atom. The van der Waals surface area contributed by atoms with Gasteiger partial charge in [-0.25, -0.2) is 0 Å². The third-order valence-corrected chi connectivity index (χ3v) is 4.04. The van der Waals surface area contributed by atoms with E-state index in [1.165, 1.54) is 7.11 Å². The van der Waals surface area contributed by atoms with E-state index in [1.54, 1.807) is 24.3 Å². The Bertz CT molecular complexity index is 863. The summed E-state index contributed by atoms with van der Waals surface area (Å²) >= 11 is 0. The molecule has 0 saturated heterocycles. The Kier molecular flexibility index (Phi) is 96.5. The van der Waals surface area contributed by atoms with E-state index in [0.717, 1.165) is 24.0 Å². The van der Waals surface area contributed by atoms with Crippen LogP contribution in [-0.2, 0) is 70.1 Å². The van der Waals surface area contributed by atoms with Crippen LogP contribution in [0.2, 0.25) is 0 Å². The third kappa shape index (κ3) is 59.9. The molecular weight excluding hydrogens is 749 g/mol. The minimum atomic E-state index is -0.625. The van der Waals surface area contributed by atoms with Gasteiger partial charge in [0.25, 0.3) is 0 Å². The van der Waals surface area contributed by atoms with Gasteiger partial charge in [-0.2, -0.15) is 0 Å². The zero-order valence-electron chi connectivity index (χ0n) is 33.1. The van der Waals surface area contributed by atoms with Gasteiger partial charge in [0.1, 0.15) is 0 Å². The number of rotatable bonds is 3. The maximum absolute atomic E-state index is 10.4. The number of benzene rings is 2. The van der Waals surface area contributed by atoms with Crippen molar-refractivity contribution in [2.45, 2.75) is 110 Å². The van der Waals surface area contributed by atoms with Crippen molar-refractivity contribution < 1.29 is 84.7 Å². The van der Waals surface area contributed by atoms with E-state index in [4.69, 9.17) is 16.5 Å². The largest absolute Gasteiger partial charge is 0.664 e. The zero-order chi connectivity index (χ0) is 37.6. The Balaban J connectivity index is -0.0000000533. The first-order valence-electron chi connectivity index (χ1n) is 16.6. The van der Waals surface area contributed by atoms with Crippen molar-refractivity contribution in [1.82, 2.24) is 0 Å².